The first-order valence-electron chi connectivity index (χ1n) is 10.7. The summed E-state index contributed by atoms with van der Waals surface area (Å²) in [6.07, 6.45) is 11.1. The van der Waals surface area contributed by atoms with Gasteiger partial charge in [0.1, 0.15) is 0 Å². The van der Waals surface area contributed by atoms with Crippen LogP contribution in [-0.2, 0) is 4.79 Å². The summed E-state index contributed by atoms with van der Waals surface area (Å²) in [5.41, 5.74) is -0.555. The Hall–Kier alpha value is -0.610. The molecule has 4 aliphatic carbocycles. The van der Waals surface area contributed by atoms with Crippen molar-refractivity contribution in [3.05, 3.63) is 0 Å². The molecule has 4 unspecified atom stereocenters. The number of aliphatic hydroxyl groups is 1. The maximum atomic E-state index is 13.5. The lowest BCUT2D eigenvalue weighted by molar-refractivity contribution is -0.213. The Labute approximate surface area is 151 Å². The van der Waals surface area contributed by atoms with E-state index in [4.69, 9.17) is 0 Å². The van der Waals surface area contributed by atoms with E-state index in [2.05, 4.69) is 16.7 Å². The van der Waals surface area contributed by atoms with Gasteiger partial charge in [0.05, 0.1) is 11.0 Å². The Bertz CT molecular complexity index is 568. The summed E-state index contributed by atoms with van der Waals surface area (Å²) >= 11 is 0. The number of nitrogens with zero attached hydrogens (tertiary/aromatic N) is 2. The number of amides is 1. The van der Waals surface area contributed by atoms with E-state index in [9.17, 15) is 9.90 Å². The SMILES string of the molecule is CCC12CC3CC(O)(C1)CC(C(=O)N1CC(N4CCCCC4)C1)(C3)C2. The third-order valence-electron chi connectivity index (χ3n) is 8.41. The smallest absolute Gasteiger partial charge is 0.229 e. The van der Waals surface area contributed by atoms with Crippen molar-refractivity contribution in [3.63, 3.8) is 0 Å². The average Bonchev–Trinajstić information content (AvgIpc) is 2.52. The fourth-order valence-corrected chi connectivity index (χ4v) is 7.69. The number of rotatable bonds is 3. The molecule has 0 aromatic heterocycles. The maximum Gasteiger partial charge on any atom is 0.229 e. The van der Waals surface area contributed by atoms with Gasteiger partial charge >= 0.3 is 0 Å². The molecule has 6 fully saturated rings. The molecular formula is C21H34N2O2. The van der Waals surface area contributed by atoms with E-state index in [0.717, 1.165) is 51.6 Å². The third kappa shape index (κ3) is 2.50. The molecule has 2 heterocycles. The van der Waals surface area contributed by atoms with E-state index >= 15 is 0 Å². The molecule has 4 heteroatoms. The normalized spacial score (nSPS) is 47.1. The number of likely N-dealkylation sites (tertiary alicyclic amines) is 2. The molecule has 2 aliphatic heterocycles. The molecule has 6 rings (SSSR count). The summed E-state index contributed by atoms with van der Waals surface area (Å²) in [5, 5.41) is 11.2. The Balaban J connectivity index is 1.31. The number of carbonyl (C=O) groups excluding carboxylic acids is 1. The van der Waals surface area contributed by atoms with Gasteiger partial charge in [-0.2, -0.15) is 0 Å². The van der Waals surface area contributed by atoms with Crippen LogP contribution < -0.4 is 0 Å². The van der Waals surface area contributed by atoms with Gasteiger partial charge in [0.25, 0.3) is 0 Å². The molecule has 0 spiro atoms. The second kappa shape index (κ2) is 5.45. The lowest BCUT2D eigenvalue weighted by atomic mass is 9.42. The molecule has 4 saturated carbocycles. The summed E-state index contributed by atoms with van der Waals surface area (Å²) in [4.78, 5) is 18.2. The number of hydrogen-bond donors (Lipinski definition) is 1. The molecule has 2 saturated heterocycles. The first-order valence-corrected chi connectivity index (χ1v) is 10.7. The fraction of sp³-hybridized carbons (Fsp3) is 0.952. The van der Waals surface area contributed by atoms with E-state index in [1.165, 1.54) is 38.8 Å². The molecule has 140 valence electrons. The minimum Gasteiger partial charge on any atom is -0.390 e. The summed E-state index contributed by atoms with van der Waals surface area (Å²) in [7, 11) is 0. The van der Waals surface area contributed by atoms with Gasteiger partial charge in [0, 0.05) is 19.1 Å². The van der Waals surface area contributed by atoms with Crippen molar-refractivity contribution < 1.29 is 9.90 Å². The van der Waals surface area contributed by atoms with Crippen molar-refractivity contribution in [1.82, 2.24) is 9.80 Å². The van der Waals surface area contributed by atoms with Crippen molar-refractivity contribution in [2.75, 3.05) is 26.2 Å². The van der Waals surface area contributed by atoms with Crippen LogP contribution in [0.4, 0.5) is 0 Å². The molecule has 0 radical (unpaired) electrons. The van der Waals surface area contributed by atoms with E-state index < -0.39 is 5.60 Å². The van der Waals surface area contributed by atoms with Crippen LogP contribution in [0.5, 0.6) is 0 Å². The number of piperidine rings is 1. The minimum atomic E-state index is -0.553. The Morgan fingerprint density at radius 1 is 1.04 bits per heavy atom. The van der Waals surface area contributed by atoms with Gasteiger partial charge in [0.15, 0.2) is 0 Å². The highest BCUT2D eigenvalue weighted by molar-refractivity contribution is 5.84. The summed E-state index contributed by atoms with van der Waals surface area (Å²) in [6, 6.07) is 0.599. The topological polar surface area (TPSA) is 43.8 Å². The van der Waals surface area contributed by atoms with Gasteiger partial charge in [-0.1, -0.05) is 19.8 Å². The molecular weight excluding hydrogens is 312 g/mol. The highest BCUT2D eigenvalue weighted by Gasteiger charge is 2.65. The molecule has 0 aromatic carbocycles. The quantitative estimate of drug-likeness (QED) is 0.854. The summed E-state index contributed by atoms with van der Waals surface area (Å²) < 4.78 is 0. The van der Waals surface area contributed by atoms with Crippen LogP contribution in [-0.4, -0.2) is 58.6 Å². The van der Waals surface area contributed by atoms with E-state index in [-0.39, 0.29) is 10.8 Å². The minimum absolute atomic E-state index is 0.237. The van der Waals surface area contributed by atoms with Crippen molar-refractivity contribution in [1.29, 1.82) is 0 Å². The van der Waals surface area contributed by atoms with E-state index in [0.29, 0.717) is 17.9 Å². The van der Waals surface area contributed by atoms with Crippen molar-refractivity contribution >= 4 is 5.91 Å². The second-order valence-corrected chi connectivity index (χ2v) is 10.3. The van der Waals surface area contributed by atoms with Crippen LogP contribution in [0.15, 0.2) is 0 Å². The van der Waals surface area contributed by atoms with E-state index in [1.54, 1.807) is 0 Å². The zero-order valence-corrected chi connectivity index (χ0v) is 15.8. The number of hydrogen-bond acceptors (Lipinski definition) is 3. The first kappa shape index (κ1) is 16.6. The molecule has 4 atom stereocenters. The summed E-state index contributed by atoms with van der Waals surface area (Å²) in [6.45, 7) is 6.58. The van der Waals surface area contributed by atoms with Crippen LogP contribution in [0.1, 0.15) is 71.1 Å². The molecule has 4 bridgehead atoms. The maximum absolute atomic E-state index is 13.5. The van der Waals surface area contributed by atoms with Gasteiger partial charge in [-0.15, -0.1) is 0 Å². The van der Waals surface area contributed by atoms with E-state index in [1.807, 2.05) is 0 Å². The van der Waals surface area contributed by atoms with Gasteiger partial charge in [-0.05, 0) is 75.8 Å². The average molecular weight is 347 g/mol. The second-order valence-electron chi connectivity index (χ2n) is 10.3. The van der Waals surface area contributed by atoms with Gasteiger partial charge < -0.3 is 10.0 Å². The van der Waals surface area contributed by atoms with Crippen molar-refractivity contribution in [2.24, 2.45) is 16.7 Å². The molecule has 6 aliphatic rings. The molecule has 4 nitrogen and oxygen atoms in total. The Morgan fingerprint density at radius 3 is 2.48 bits per heavy atom. The zero-order valence-electron chi connectivity index (χ0n) is 15.8. The zero-order chi connectivity index (χ0) is 17.3. The predicted molar refractivity (Wildman–Crippen MR) is 97.1 cm³/mol. The van der Waals surface area contributed by atoms with Crippen molar-refractivity contribution in [3.8, 4) is 0 Å². The fourth-order valence-electron chi connectivity index (χ4n) is 7.69. The first-order chi connectivity index (χ1) is 11.9. The largest absolute Gasteiger partial charge is 0.390 e. The van der Waals surface area contributed by atoms with Crippen molar-refractivity contribution in [2.45, 2.75) is 82.8 Å². The van der Waals surface area contributed by atoms with Gasteiger partial charge in [-0.3, -0.25) is 9.69 Å². The van der Waals surface area contributed by atoms with Crippen LogP contribution in [0.3, 0.4) is 0 Å². The standard InChI is InChI=1S/C21H34N2O2/c1-2-19-8-16-9-20(13-19,15-21(25,10-16)14-19)18(24)23-11-17(12-23)22-6-4-3-5-7-22/h16-17,25H,2-15H2,1H3. The van der Waals surface area contributed by atoms with Gasteiger partial charge in [0.2, 0.25) is 5.91 Å². The van der Waals surface area contributed by atoms with Gasteiger partial charge in [-0.25, -0.2) is 0 Å². The summed E-state index contributed by atoms with van der Waals surface area (Å²) in [5.74, 6) is 0.963. The Morgan fingerprint density at radius 2 is 1.80 bits per heavy atom. The number of carbonyl (C=O) groups is 1. The Kier molecular flexibility index (Phi) is 3.61. The highest BCUT2D eigenvalue weighted by Crippen LogP contribution is 2.68. The van der Waals surface area contributed by atoms with Crippen LogP contribution in [0.25, 0.3) is 0 Å². The third-order valence-corrected chi connectivity index (χ3v) is 8.41. The van der Waals surface area contributed by atoms with Crippen LogP contribution >= 0.6 is 0 Å². The molecule has 1 N–H and O–H groups in total. The lowest BCUT2D eigenvalue weighted by Crippen LogP contribution is -2.68. The van der Waals surface area contributed by atoms with Crippen LogP contribution in [0, 0.1) is 16.7 Å². The predicted octanol–water partition coefficient (Wildman–Crippen LogP) is 2.79. The highest BCUT2D eigenvalue weighted by atomic mass is 16.3. The monoisotopic (exact) mass is 346 g/mol. The molecule has 25 heavy (non-hydrogen) atoms. The lowest BCUT2D eigenvalue weighted by Gasteiger charge is -2.65. The molecule has 0 aromatic rings. The van der Waals surface area contributed by atoms with Crippen LogP contribution in [0.2, 0.25) is 0 Å². The molecule has 1 amide bonds.